The summed E-state index contributed by atoms with van der Waals surface area (Å²) in [4.78, 5) is 52.1. The van der Waals surface area contributed by atoms with Gasteiger partial charge in [0.05, 0.1) is 13.2 Å². The summed E-state index contributed by atoms with van der Waals surface area (Å²) in [7, 11) is 2.27. The summed E-state index contributed by atoms with van der Waals surface area (Å²) in [5.41, 5.74) is 0. The highest BCUT2D eigenvalue weighted by atomic mass is 16.5. The van der Waals surface area contributed by atoms with Gasteiger partial charge in [-0.25, -0.2) is 0 Å². The zero-order valence-corrected chi connectivity index (χ0v) is 53.1. The van der Waals surface area contributed by atoms with Gasteiger partial charge < -0.3 is 25.0 Å². The van der Waals surface area contributed by atoms with E-state index in [-0.39, 0.29) is 23.8 Å². The maximum Gasteiger partial charge on any atom is 0.305 e. The maximum absolute atomic E-state index is 12.5. The highest BCUT2D eigenvalue weighted by Crippen LogP contribution is 2.22. The molecule has 0 aliphatic heterocycles. The van der Waals surface area contributed by atoms with Crippen molar-refractivity contribution in [1.82, 2.24) is 15.5 Å². The van der Waals surface area contributed by atoms with Gasteiger partial charge in [0.25, 0.3) is 0 Å². The first-order valence-corrected chi connectivity index (χ1v) is 34.8. The second kappa shape index (κ2) is 62.4. The number of hydrogen-bond donors (Lipinski definition) is 2. The number of nitrogens with one attached hydrogen (secondary N) is 2. The van der Waals surface area contributed by atoms with Crippen LogP contribution >= 0.6 is 0 Å². The van der Waals surface area contributed by atoms with Crippen LogP contribution in [0.25, 0.3) is 0 Å². The monoisotopic (exact) mass is 1100 g/mol. The highest BCUT2D eigenvalue weighted by Gasteiger charge is 2.14. The number of nitrogens with zero attached hydrogens (tertiary/aromatic N) is 1. The molecule has 0 saturated heterocycles. The number of carbonyl (C=O) groups is 4. The molecule has 0 spiro atoms. The van der Waals surface area contributed by atoms with Crippen LogP contribution < -0.4 is 10.6 Å². The molecule has 2 atom stereocenters. The van der Waals surface area contributed by atoms with Crippen molar-refractivity contribution in [2.75, 3.05) is 46.4 Å². The summed E-state index contributed by atoms with van der Waals surface area (Å²) in [6.45, 7) is 14.3. The Morgan fingerprint density at radius 2 is 0.551 bits per heavy atom. The minimum atomic E-state index is -0.0238. The minimum Gasteiger partial charge on any atom is -0.465 e. The Morgan fingerprint density at radius 1 is 0.308 bits per heavy atom. The molecule has 2 amide bonds. The van der Waals surface area contributed by atoms with Crippen molar-refractivity contribution in [2.45, 2.75) is 362 Å². The molecule has 0 aliphatic carbocycles. The fourth-order valence-corrected chi connectivity index (χ4v) is 11.0. The molecule has 462 valence electrons. The van der Waals surface area contributed by atoms with Crippen molar-refractivity contribution in [3.63, 3.8) is 0 Å². The van der Waals surface area contributed by atoms with Gasteiger partial charge in [0.15, 0.2) is 0 Å². The smallest absolute Gasteiger partial charge is 0.305 e. The molecule has 0 fully saturated rings. The summed E-state index contributed by atoms with van der Waals surface area (Å²) in [5.74, 6) is 1.38. The fourth-order valence-electron chi connectivity index (χ4n) is 11.0. The first-order valence-electron chi connectivity index (χ1n) is 34.8. The maximum atomic E-state index is 12.5. The minimum absolute atomic E-state index is 0.0238. The van der Waals surface area contributed by atoms with Crippen molar-refractivity contribution < 1.29 is 28.7 Å². The van der Waals surface area contributed by atoms with Gasteiger partial charge in [-0.05, 0) is 109 Å². The molecule has 2 unspecified atom stereocenters. The molecule has 0 heterocycles. The van der Waals surface area contributed by atoms with Gasteiger partial charge in [0, 0.05) is 38.8 Å². The van der Waals surface area contributed by atoms with Gasteiger partial charge in [0.1, 0.15) is 0 Å². The van der Waals surface area contributed by atoms with Crippen molar-refractivity contribution >= 4 is 23.8 Å². The molecule has 0 aliphatic rings. The van der Waals surface area contributed by atoms with Crippen molar-refractivity contribution in [2.24, 2.45) is 11.8 Å². The van der Waals surface area contributed by atoms with Crippen LogP contribution in [0.1, 0.15) is 362 Å². The number of unbranched alkanes of at least 4 members (excludes halogenated alkanes) is 36. The molecule has 0 aromatic carbocycles. The number of hydrogen-bond acceptors (Lipinski definition) is 7. The fraction of sp³-hybridized carbons (Fsp3) is 0.942. The SMILES string of the molecule is CCCCCCCCC(CCCCCC)COC(=O)CCCCCCCC(=O)NCCCCCCCCCN(C)CCCCCCCCCNC(=O)CCCCCCCC(=O)OCC(CCCCCC)CCCCCCCC. The molecule has 0 aromatic rings. The quantitative estimate of drug-likeness (QED) is 0.0461. The molecule has 0 aromatic heterocycles. The van der Waals surface area contributed by atoms with E-state index in [2.05, 4.69) is 50.3 Å². The van der Waals surface area contributed by atoms with E-state index in [0.717, 1.165) is 90.1 Å². The van der Waals surface area contributed by atoms with E-state index in [1.807, 2.05) is 0 Å². The predicted molar refractivity (Wildman–Crippen MR) is 335 cm³/mol. The first-order chi connectivity index (χ1) is 38.2. The van der Waals surface area contributed by atoms with Crippen LogP contribution in [0.15, 0.2) is 0 Å². The number of amides is 2. The van der Waals surface area contributed by atoms with Gasteiger partial charge >= 0.3 is 11.9 Å². The number of rotatable bonds is 64. The van der Waals surface area contributed by atoms with E-state index in [9.17, 15) is 19.2 Å². The number of esters is 2. The Hall–Kier alpha value is -2.16. The van der Waals surface area contributed by atoms with Gasteiger partial charge in [-0.1, -0.05) is 259 Å². The molecule has 0 rings (SSSR count). The zero-order chi connectivity index (χ0) is 56.9. The molecule has 2 N–H and O–H groups in total. The van der Waals surface area contributed by atoms with Crippen LogP contribution in [0.4, 0.5) is 0 Å². The van der Waals surface area contributed by atoms with Crippen LogP contribution in [0.3, 0.4) is 0 Å². The van der Waals surface area contributed by atoms with Gasteiger partial charge in [0.2, 0.25) is 11.8 Å². The van der Waals surface area contributed by atoms with Crippen LogP contribution in [0.2, 0.25) is 0 Å². The number of ether oxygens (including phenoxy) is 2. The van der Waals surface area contributed by atoms with E-state index < -0.39 is 0 Å². The third-order valence-corrected chi connectivity index (χ3v) is 16.5. The lowest BCUT2D eigenvalue weighted by Gasteiger charge is -2.17. The van der Waals surface area contributed by atoms with Gasteiger partial charge in [-0.3, -0.25) is 19.2 Å². The highest BCUT2D eigenvalue weighted by molar-refractivity contribution is 5.76. The summed E-state index contributed by atoms with van der Waals surface area (Å²) < 4.78 is 11.5. The molecule has 0 saturated carbocycles. The molecule has 9 nitrogen and oxygen atoms in total. The van der Waals surface area contributed by atoms with Crippen LogP contribution in [-0.2, 0) is 28.7 Å². The molecule has 0 bridgehead atoms. The summed E-state index contributed by atoms with van der Waals surface area (Å²) in [6, 6.07) is 0. The van der Waals surface area contributed by atoms with E-state index in [4.69, 9.17) is 9.47 Å². The summed E-state index contributed by atoms with van der Waals surface area (Å²) in [5, 5.41) is 6.26. The van der Waals surface area contributed by atoms with E-state index in [0.29, 0.717) is 50.7 Å². The van der Waals surface area contributed by atoms with Gasteiger partial charge in [-0.15, -0.1) is 0 Å². The molecular formula is C69H135N3O6. The van der Waals surface area contributed by atoms with E-state index in [1.54, 1.807) is 0 Å². The predicted octanol–water partition coefficient (Wildman–Crippen LogP) is 19.8. The first kappa shape index (κ1) is 75.8. The Bertz CT molecular complexity index is 1190. The van der Waals surface area contributed by atoms with Crippen molar-refractivity contribution in [3.05, 3.63) is 0 Å². The molecule has 78 heavy (non-hydrogen) atoms. The van der Waals surface area contributed by atoms with Gasteiger partial charge in [-0.2, -0.15) is 0 Å². The Balaban J connectivity index is 3.62. The topological polar surface area (TPSA) is 114 Å². The normalized spacial score (nSPS) is 12.3. The standard InChI is InChI=1S/C69H135N3O6/c1-6-10-14-18-28-40-52-64(50-38-16-12-8-3)62-77-68(75)56-44-32-26-30-42-54-66(73)70-58-46-34-22-20-24-36-48-60-72(5)61-49-37-25-21-23-35-47-59-71-67(74)55-43-31-27-33-45-57-69(76)78-63-65(51-39-17-13-9-4)53-41-29-19-15-11-7-2/h64-65H,6-63H2,1-5H3,(H,70,73)(H,71,74). The van der Waals surface area contributed by atoms with E-state index in [1.165, 1.54) is 244 Å². The average molecular weight is 1100 g/mol. The lowest BCUT2D eigenvalue weighted by Crippen LogP contribution is -2.23. The third-order valence-electron chi connectivity index (χ3n) is 16.5. The molecular weight excluding hydrogens is 967 g/mol. The summed E-state index contributed by atoms with van der Waals surface area (Å²) >= 11 is 0. The van der Waals surface area contributed by atoms with Crippen molar-refractivity contribution in [1.29, 1.82) is 0 Å². The van der Waals surface area contributed by atoms with Crippen molar-refractivity contribution in [3.8, 4) is 0 Å². The second-order valence-corrected chi connectivity index (χ2v) is 24.4. The Kier molecular flexibility index (Phi) is 60.7. The van der Waals surface area contributed by atoms with E-state index >= 15 is 0 Å². The van der Waals surface area contributed by atoms with Crippen LogP contribution in [0.5, 0.6) is 0 Å². The van der Waals surface area contributed by atoms with Crippen LogP contribution in [0, 0.1) is 11.8 Å². The largest absolute Gasteiger partial charge is 0.465 e. The van der Waals surface area contributed by atoms with Crippen LogP contribution in [-0.4, -0.2) is 75.1 Å². The Morgan fingerprint density at radius 3 is 0.872 bits per heavy atom. The summed E-state index contributed by atoms with van der Waals surface area (Å²) in [6.07, 6.45) is 60.5. The number of carbonyl (C=O) groups excluding carboxylic acids is 4. The third kappa shape index (κ3) is 58.5. The lowest BCUT2D eigenvalue weighted by atomic mass is 9.95. The zero-order valence-electron chi connectivity index (χ0n) is 53.1. The average Bonchev–Trinajstić information content (AvgIpc) is 3.43. The molecule has 0 radical (unpaired) electrons. The second-order valence-electron chi connectivity index (χ2n) is 24.4. The Labute approximate surface area is 485 Å². The lowest BCUT2D eigenvalue weighted by molar-refractivity contribution is -0.146. The molecule has 9 heteroatoms.